The van der Waals surface area contributed by atoms with Crippen molar-refractivity contribution < 1.29 is 0 Å². The maximum Gasteiger partial charge on any atom is 0.140 e. The molecule has 0 radical (unpaired) electrons. The largest absolute Gasteiger partial charge is 0.260 e. The molecular formula is C14H11BClN. The fraction of sp³-hybridized carbons (Fsp3) is 0.0714. The molecule has 17 heavy (non-hydrogen) atoms. The van der Waals surface area contributed by atoms with Crippen LogP contribution in [0, 0.1) is 0 Å². The lowest BCUT2D eigenvalue weighted by Gasteiger charge is -2.07. The molecule has 1 nitrogen and oxygen atoms in total. The van der Waals surface area contributed by atoms with Crippen molar-refractivity contribution in [3.63, 3.8) is 0 Å². The first-order valence-electron chi connectivity index (χ1n) is 5.65. The summed E-state index contributed by atoms with van der Waals surface area (Å²) in [5, 5.41) is 0.787. The standard InChI is InChI=1S/C14H11BClN/c15-13-6-10-2-1-5-17-14(10)7-9-3-4-11(16)8-12(9)13/h1-6,8H,7,15H2. The van der Waals surface area contributed by atoms with E-state index in [0.717, 1.165) is 17.1 Å². The lowest BCUT2D eigenvalue weighted by atomic mass is 9.85. The Morgan fingerprint density at radius 2 is 2.12 bits per heavy atom. The zero-order valence-electron chi connectivity index (χ0n) is 9.57. The maximum atomic E-state index is 6.06. The molecule has 0 spiro atoms. The van der Waals surface area contributed by atoms with E-state index < -0.39 is 0 Å². The van der Waals surface area contributed by atoms with Crippen LogP contribution in [-0.2, 0) is 6.42 Å². The molecule has 0 fully saturated rings. The summed E-state index contributed by atoms with van der Waals surface area (Å²) in [5.74, 6) is 0. The number of rotatable bonds is 0. The fourth-order valence-electron chi connectivity index (χ4n) is 2.29. The van der Waals surface area contributed by atoms with Crippen LogP contribution in [-0.4, -0.2) is 12.8 Å². The van der Waals surface area contributed by atoms with Gasteiger partial charge in [-0.05, 0) is 34.9 Å². The van der Waals surface area contributed by atoms with E-state index in [0.29, 0.717) is 0 Å². The van der Waals surface area contributed by atoms with Crippen LogP contribution in [0.5, 0.6) is 0 Å². The molecule has 2 aromatic rings. The Labute approximate surface area is 107 Å². The Bertz CT molecular complexity index is 619. The zero-order chi connectivity index (χ0) is 11.8. The predicted molar refractivity (Wildman–Crippen MR) is 74.9 cm³/mol. The first-order chi connectivity index (χ1) is 8.24. The third-order valence-corrected chi connectivity index (χ3v) is 3.39. The van der Waals surface area contributed by atoms with Gasteiger partial charge in [0.15, 0.2) is 0 Å². The highest BCUT2D eigenvalue weighted by Crippen LogP contribution is 2.29. The van der Waals surface area contributed by atoms with Crippen LogP contribution in [0.1, 0.15) is 22.4 Å². The summed E-state index contributed by atoms with van der Waals surface area (Å²) in [6, 6.07) is 10.2. The van der Waals surface area contributed by atoms with Crippen LogP contribution in [0.15, 0.2) is 36.5 Å². The SMILES string of the molecule is BC1=Cc2cccnc2Cc2ccc(Cl)cc21. The molecular weight excluding hydrogens is 228 g/mol. The first-order valence-corrected chi connectivity index (χ1v) is 6.03. The smallest absolute Gasteiger partial charge is 0.140 e. The molecule has 1 aliphatic carbocycles. The molecule has 0 bridgehead atoms. The van der Waals surface area contributed by atoms with Gasteiger partial charge in [-0.3, -0.25) is 4.98 Å². The Kier molecular flexibility index (Phi) is 2.52. The van der Waals surface area contributed by atoms with Gasteiger partial charge >= 0.3 is 0 Å². The van der Waals surface area contributed by atoms with Gasteiger partial charge in [-0.2, -0.15) is 0 Å². The molecule has 1 aromatic heterocycles. The Balaban J connectivity index is 2.24. The van der Waals surface area contributed by atoms with E-state index in [9.17, 15) is 0 Å². The summed E-state index contributed by atoms with van der Waals surface area (Å²) in [6.45, 7) is 0. The number of nitrogens with zero attached hydrogens (tertiary/aromatic N) is 1. The molecule has 0 amide bonds. The van der Waals surface area contributed by atoms with Gasteiger partial charge in [0.05, 0.1) is 5.69 Å². The van der Waals surface area contributed by atoms with Crippen molar-refractivity contribution in [2.75, 3.05) is 0 Å². The van der Waals surface area contributed by atoms with Crippen LogP contribution in [0.4, 0.5) is 0 Å². The predicted octanol–water partition coefficient (Wildman–Crippen LogP) is 2.77. The molecule has 1 heterocycles. The van der Waals surface area contributed by atoms with Gasteiger partial charge in [-0.1, -0.05) is 35.3 Å². The molecule has 0 saturated carbocycles. The quantitative estimate of drug-likeness (QED) is 0.644. The molecule has 3 rings (SSSR count). The highest BCUT2D eigenvalue weighted by molar-refractivity contribution is 6.45. The van der Waals surface area contributed by atoms with Gasteiger partial charge in [0.2, 0.25) is 0 Å². The minimum atomic E-state index is 0.787. The van der Waals surface area contributed by atoms with Gasteiger partial charge in [0.25, 0.3) is 0 Å². The second-order valence-corrected chi connectivity index (χ2v) is 4.78. The number of benzene rings is 1. The average molecular weight is 240 g/mol. The van der Waals surface area contributed by atoms with Crippen LogP contribution < -0.4 is 0 Å². The van der Waals surface area contributed by atoms with Crippen LogP contribution >= 0.6 is 11.6 Å². The van der Waals surface area contributed by atoms with Gasteiger partial charge in [0, 0.05) is 17.6 Å². The third-order valence-electron chi connectivity index (χ3n) is 3.15. The summed E-state index contributed by atoms with van der Waals surface area (Å²) in [6.07, 6.45) is 4.91. The van der Waals surface area contributed by atoms with E-state index in [-0.39, 0.29) is 0 Å². The van der Waals surface area contributed by atoms with Gasteiger partial charge in [0.1, 0.15) is 7.85 Å². The topological polar surface area (TPSA) is 12.9 Å². The second-order valence-electron chi connectivity index (χ2n) is 4.34. The summed E-state index contributed by atoms with van der Waals surface area (Å²) in [5.41, 5.74) is 6.11. The first kappa shape index (κ1) is 10.6. The fourth-order valence-corrected chi connectivity index (χ4v) is 2.46. The molecule has 0 aliphatic heterocycles. The monoisotopic (exact) mass is 239 g/mol. The summed E-state index contributed by atoms with van der Waals surface area (Å²) in [7, 11) is 2.12. The summed E-state index contributed by atoms with van der Waals surface area (Å²) < 4.78 is 0. The van der Waals surface area contributed by atoms with Crippen LogP contribution in [0.25, 0.3) is 11.5 Å². The minimum Gasteiger partial charge on any atom is -0.260 e. The second kappa shape index (κ2) is 4.04. The highest BCUT2D eigenvalue weighted by Gasteiger charge is 2.13. The van der Waals surface area contributed by atoms with Crippen LogP contribution in [0.3, 0.4) is 0 Å². The normalized spacial score (nSPS) is 13.4. The van der Waals surface area contributed by atoms with Crippen molar-refractivity contribution in [1.29, 1.82) is 0 Å². The molecule has 3 heteroatoms. The van der Waals surface area contributed by atoms with Gasteiger partial charge in [-0.25, -0.2) is 0 Å². The third kappa shape index (κ3) is 1.89. The number of aromatic nitrogens is 1. The molecule has 82 valence electrons. The molecule has 1 aromatic carbocycles. The van der Waals surface area contributed by atoms with Crippen molar-refractivity contribution in [2.45, 2.75) is 6.42 Å². The Morgan fingerprint density at radius 1 is 1.24 bits per heavy atom. The molecule has 0 atom stereocenters. The number of fused-ring (bicyclic) bond motifs is 2. The number of hydrogen-bond acceptors (Lipinski definition) is 1. The summed E-state index contributed by atoms with van der Waals surface area (Å²) >= 11 is 6.06. The number of pyridine rings is 1. The lowest BCUT2D eigenvalue weighted by Crippen LogP contribution is -1.95. The van der Waals surface area contributed by atoms with Crippen molar-refractivity contribution in [1.82, 2.24) is 4.98 Å². The van der Waals surface area contributed by atoms with E-state index in [1.807, 2.05) is 24.4 Å². The van der Waals surface area contributed by atoms with E-state index in [1.165, 1.54) is 22.2 Å². The van der Waals surface area contributed by atoms with Gasteiger partial charge < -0.3 is 0 Å². The van der Waals surface area contributed by atoms with E-state index >= 15 is 0 Å². The minimum absolute atomic E-state index is 0.787. The Morgan fingerprint density at radius 3 is 3.00 bits per heavy atom. The molecule has 1 aliphatic rings. The van der Waals surface area contributed by atoms with Crippen molar-refractivity contribution >= 4 is 31.0 Å². The zero-order valence-corrected chi connectivity index (χ0v) is 10.3. The average Bonchev–Trinajstić information content (AvgIpc) is 2.46. The van der Waals surface area contributed by atoms with Crippen molar-refractivity contribution in [2.24, 2.45) is 0 Å². The maximum absolute atomic E-state index is 6.06. The summed E-state index contributed by atoms with van der Waals surface area (Å²) in [4.78, 5) is 4.46. The van der Waals surface area contributed by atoms with E-state index in [4.69, 9.17) is 11.6 Å². The van der Waals surface area contributed by atoms with Crippen LogP contribution in [0.2, 0.25) is 5.02 Å². The van der Waals surface area contributed by atoms with E-state index in [2.05, 4.69) is 31.0 Å². The molecule has 0 N–H and O–H groups in total. The van der Waals surface area contributed by atoms with Crippen molar-refractivity contribution in [3.05, 3.63) is 63.9 Å². The number of halogens is 1. The van der Waals surface area contributed by atoms with Gasteiger partial charge in [-0.15, -0.1) is 0 Å². The lowest BCUT2D eigenvalue weighted by molar-refractivity contribution is 1.07. The number of hydrogen-bond donors (Lipinski definition) is 0. The van der Waals surface area contributed by atoms with Crippen molar-refractivity contribution in [3.8, 4) is 0 Å². The molecule has 0 saturated heterocycles. The highest BCUT2D eigenvalue weighted by atomic mass is 35.5. The van der Waals surface area contributed by atoms with E-state index in [1.54, 1.807) is 0 Å². The Hall–Kier alpha value is -1.54. The molecule has 0 unspecified atom stereocenters.